The first kappa shape index (κ1) is 17.7. The van der Waals surface area contributed by atoms with Crippen LogP contribution in [0, 0.1) is 6.92 Å². The van der Waals surface area contributed by atoms with Gasteiger partial charge in [0.2, 0.25) is 10.0 Å². The predicted octanol–water partition coefficient (Wildman–Crippen LogP) is 1.81. The second-order valence-electron chi connectivity index (χ2n) is 6.16. The van der Waals surface area contributed by atoms with Crippen LogP contribution in [0.5, 0.6) is 0 Å². The van der Waals surface area contributed by atoms with Crippen LogP contribution in [-0.4, -0.2) is 55.9 Å². The first-order valence-electron chi connectivity index (χ1n) is 7.93. The van der Waals surface area contributed by atoms with Crippen LogP contribution >= 0.6 is 0 Å². The van der Waals surface area contributed by atoms with Crippen molar-refractivity contribution in [2.75, 3.05) is 26.2 Å². The fourth-order valence-corrected chi connectivity index (χ4v) is 4.00. The summed E-state index contributed by atoms with van der Waals surface area (Å²) in [4.78, 5) is 14.1. The smallest absolute Gasteiger partial charge is 0.317 e. The average molecular weight is 339 g/mol. The first-order valence-corrected chi connectivity index (χ1v) is 9.37. The maximum absolute atomic E-state index is 12.7. The van der Waals surface area contributed by atoms with Crippen molar-refractivity contribution in [3.63, 3.8) is 0 Å². The SMILES string of the molecule is Cc1ccc(S(=O)(=O)N2CCCN(C(=O)NC(C)C)CC2)cc1. The molecule has 1 fully saturated rings. The summed E-state index contributed by atoms with van der Waals surface area (Å²) in [5.41, 5.74) is 1.02. The van der Waals surface area contributed by atoms with Crippen molar-refractivity contribution >= 4 is 16.1 Å². The molecule has 6 nitrogen and oxygen atoms in total. The standard InChI is InChI=1S/C16H25N3O3S/c1-13(2)17-16(20)18-9-4-10-19(12-11-18)23(21,22)15-7-5-14(3)6-8-15/h5-8,13H,4,9-12H2,1-3H3,(H,17,20). The molecule has 0 aromatic heterocycles. The van der Waals surface area contributed by atoms with Crippen LogP contribution in [0.3, 0.4) is 0 Å². The Morgan fingerprint density at radius 3 is 2.35 bits per heavy atom. The quantitative estimate of drug-likeness (QED) is 0.913. The number of aryl methyl sites for hydroxylation is 1. The number of hydrogen-bond donors (Lipinski definition) is 1. The molecule has 1 aliphatic rings. The minimum absolute atomic E-state index is 0.0677. The number of carbonyl (C=O) groups excluding carboxylic acids is 1. The third-order valence-corrected chi connectivity index (χ3v) is 5.73. The Hall–Kier alpha value is -1.60. The van der Waals surface area contributed by atoms with E-state index < -0.39 is 10.0 Å². The summed E-state index contributed by atoms with van der Waals surface area (Å²) in [6.45, 7) is 7.47. The van der Waals surface area contributed by atoms with Crippen molar-refractivity contribution in [3.8, 4) is 0 Å². The molecule has 128 valence electrons. The van der Waals surface area contributed by atoms with E-state index >= 15 is 0 Å². The molecule has 1 aromatic carbocycles. The van der Waals surface area contributed by atoms with Crippen molar-refractivity contribution in [1.82, 2.24) is 14.5 Å². The van der Waals surface area contributed by atoms with Crippen molar-refractivity contribution in [1.29, 1.82) is 0 Å². The molecule has 0 spiro atoms. The maximum atomic E-state index is 12.7. The van der Waals surface area contributed by atoms with E-state index in [1.54, 1.807) is 29.2 Å². The molecule has 2 rings (SSSR count). The van der Waals surface area contributed by atoms with Gasteiger partial charge in [0, 0.05) is 32.2 Å². The molecule has 0 aliphatic carbocycles. The molecular weight excluding hydrogens is 314 g/mol. The van der Waals surface area contributed by atoms with Crippen molar-refractivity contribution in [2.45, 2.75) is 38.1 Å². The van der Waals surface area contributed by atoms with Gasteiger partial charge in [0.15, 0.2) is 0 Å². The molecule has 0 atom stereocenters. The summed E-state index contributed by atoms with van der Waals surface area (Å²) >= 11 is 0. The molecule has 1 saturated heterocycles. The lowest BCUT2D eigenvalue weighted by atomic mass is 10.2. The largest absolute Gasteiger partial charge is 0.336 e. The van der Waals surface area contributed by atoms with Gasteiger partial charge in [-0.25, -0.2) is 13.2 Å². The Bertz CT molecular complexity index is 641. The zero-order valence-corrected chi connectivity index (χ0v) is 14.8. The van der Waals surface area contributed by atoms with E-state index in [1.807, 2.05) is 20.8 Å². The van der Waals surface area contributed by atoms with Gasteiger partial charge in [0.1, 0.15) is 0 Å². The van der Waals surface area contributed by atoms with E-state index in [-0.39, 0.29) is 12.1 Å². The first-order chi connectivity index (χ1) is 10.8. The normalized spacial score (nSPS) is 17.1. The fraction of sp³-hybridized carbons (Fsp3) is 0.562. The number of rotatable bonds is 3. The number of nitrogens with one attached hydrogen (secondary N) is 1. The van der Waals surface area contributed by atoms with Gasteiger partial charge in [-0.3, -0.25) is 0 Å². The van der Waals surface area contributed by atoms with Gasteiger partial charge in [-0.15, -0.1) is 0 Å². The molecule has 0 radical (unpaired) electrons. The Balaban J connectivity index is 2.07. The molecule has 1 aromatic rings. The summed E-state index contributed by atoms with van der Waals surface area (Å²) in [6.07, 6.45) is 0.636. The zero-order valence-electron chi connectivity index (χ0n) is 13.9. The third kappa shape index (κ3) is 4.45. The lowest BCUT2D eigenvalue weighted by molar-refractivity contribution is 0.198. The number of benzene rings is 1. The highest BCUT2D eigenvalue weighted by atomic mass is 32.2. The van der Waals surface area contributed by atoms with E-state index in [1.165, 1.54) is 4.31 Å². The number of urea groups is 1. The Morgan fingerprint density at radius 1 is 1.09 bits per heavy atom. The van der Waals surface area contributed by atoms with Gasteiger partial charge < -0.3 is 10.2 Å². The predicted molar refractivity (Wildman–Crippen MR) is 89.8 cm³/mol. The second kappa shape index (κ2) is 7.31. The highest BCUT2D eigenvalue weighted by molar-refractivity contribution is 7.89. The Labute approximate surface area is 138 Å². The van der Waals surface area contributed by atoms with Crippen LogP contribution in [0.4, 0.5) is 4.79 Å². The summed E-state index contributed by atoms with van der Waals surface area (Å²) in [7, 11) is -3.50. The minimum Gasteiger partial charge on any atom is -0.336 e. The summed E-state index contributed by atoms with van der Waals surface area (Å²) in [5, 5.41) is 2.85. The van der Waals surface area contributed by atoms with Crippen LogP contribution in [0.25, 0.3) is 0 Å². The molecule has 0 saturated carbocycles. The topological polar surface area (TPSA) is 69.7 Å². The van der Waals surface area contributed by atoms with Gasteiger partial charge in [0.25, 0.3) is 0 Å². The Morgan fingerprint density at radius 2 is 1.74 bits per heavy atom. The summed E-state index contributed by atoms with van der Waals surface area (Å²) < 4.78 is 26.9. The molecule has 2 amide bonds. The number of sulfonamides is 1. The molecule has 23 heavy (non-hydrogen) atoms. The highest BCUT2D eigenvalue weighted by Crippen LogP contribution is 2.18. The molecule has 0 unspecified atom stereocenters. The lowest BCUT2D eigenvalue weighted by Crippen LogP contribution is -2.44. The van der Waals surface area contributed by atoms with Crippen LogP contribution in [-0.2, 0) is 10.0 Å². The van der Waals surface area contributed by atoms with Crippen LogP contribution in [0.2, 0.25) is 0 Å². The summed E-state index contributed by atoms with van der Waals surface area (Å²) in [6, 6.07) is 6.81. The monoisotopic (exact) mass is 339 g/mol. The zero-order chi connectivity index (χ0) is 17.0. The number of amides is 2. The van der Waals surface area contributed by atoms with Gasteiger partial charge in [-0.1, -0.05) is 17.7 Å². The van der Waals surface area contributed by atoms with E-state index in [9.17, 15) is 13.2 Å². The van der Waals surface area contributed by atoms with Crippen molar-refractivity contribution in [3.05, 3.63) is 29.8 Å². The molecular formula is C16H25N3O3S. The summed E-state index contributed by atoms with van der Waals surface area (Å²) in [5.74, 6) is 0. The van der Waals surface area contributed by atoms with Crippen LogP contribution in [0.15, 0.2) is 29.2 Å². The third-order valence-electron chi connectivity index (χ3n) is 3.81. The second-order valence-corrected chi connectivity index (χ2v) is 8.10. The number of carbonyl (C=O) groups is 1. The molecule has 1 N–H and O–H groups in total. The number of nitrogens with zero attached hydrogens (tertiary/aromatic N) is 2. The molecule has 1 aliphatic heterocycles. The molecule has 0 bridgehead atoms. The molecule has 7 heteroatoms. The van der Waals surface area contributed by atoms with Crippen molar-refractivity contribution < 1.29 is 13.2 Å². The van der Waals surface area contributed by atoms with Gasteiger partial charge in [0.05, 0.1) is 4.90 Å². The molecule has 1 heterocycles. The van der Waals surface area contributed by atoms with E-state index in [0.717, 1.165) is 5.56 Å². The van der Waals surface area contributed by atoms with E-state index in [4.69, 9.17) is 0 Å². The van der Waals surface area contributed by atoms with Gasteiger partial charge in [-0.2, -0.15) is 4.31 Å². The van der Waals surface area contributed by atoms with Crippen LogP contribution < -0.4 is 5.32 Å². The number of hydrogen-bond acceptors (Lipinski definition) is 3. The van der Waals surface area contributed by atoms with Gasteiger partial charge >= 0.3 is 6.03 Å². The van der Waals surface area contributed by atoms with Crippen LogP contribution in [0.1, 0.15) is 25.8 Å². The highest BCUT2D eigenvalue weighted by Gasteiger charge is 2.28. The van der Waals surface area contributed by atoms with Gasteiger partial charge in [-0.05, 0) is 39.3 Å². The average Bonchev–Trinajstić information content (AvgIpc) is 2.73. The maximum Gasteiger partial charge on any atom is 0.317 e. The fourth-order valence-electron chi connectivity index (χ4n) is 2.53. The minimum atomic E-state index is -3.50. The Kier molecular flexibility index (Phi) is 5.64. The van der Waals surface area contributed by atoms with E-state index in [2.05, 4.69) is 5.32 Å². The van der Waals surface area contributed by atoms with Crippen molar-refractivity contribution in [2.24, 2.45) is 0 Å². The van der Waals surface area contributed by atoms with E-state index in [0.29, 0.717) is 37.5 Å². The lowest BCUT2D eigenvalue weighted by Gasteiger charge is -2.23.